The monoisotopic (exact) mass is 433 g/mol. The van der Waals surface area contributed by atoms with Gasteiger partial charge in [0.2, 0.25) is 5.95 Å². The van der Waals surface area contributed by atoms with Crippen LogP contribution in [0, 0.1) is 0 Å². The van der Waals surface area contributed by atoms with Crippen molar-refractivity contribution in [3.63, 3.8) is 0 Å². The van der Waals surface area contributed by atoms with E-state index in [2.05, 4.69) is 15.6 Å². The van der Waals surface area contributed by atoms with Crippen LogP contribution in [-0.2, 0) is 7.05 Å². The number of hydrogen-bond donors (Lipinski definition) is 2. The molecule has 2 heterocycles. The SMILES string of the molecule is CNC(=O)c1cc(Oc2ccc3c(c2)nc(Nc2cc(OC)ccc2OC)n3C)ccn1. The average Bonchev–Trinajstić information content (AvgIpc) is 3.13. The Hall–Kier alpha value is -4.27. The van der Waals surface area contributed by atoms with Gasteiger partial charge in [-0.3, -0.25) is 9.78 Å². The maximum Gasteiger partial charge on any atom is 0.269 e. The van der Waals surface area contributed by atoms with Gasteiger partial charge in [0.05, 0.1) is 30.9 Å². The number of fused-ring (bicyclic) bond motifs is 1. The molecule has 2 N–H and O–H groups in total. The molecule has 9 heteroatoms. The van der Waals surface area contributed by atoms with Crippen molar-refractivity contribution in [3.05, 3.63) is 60.4 Å². The van der Waals surface area contributed by atoms with Gasteiger partial charge in [-0.25, -0.2) is 4.98 Å². The van der Waals surface area contributed by atoms with E-state index in [9.17, 15) is 4.79 Å². The van der Waals surface area contributed by atoms with Gasteiger partial charge >= 0.3 is 0 Å². The molecule has 0 radical (unpaired) electrons. The molecule has 4 rings (SSSR count). The maximum absolute atomic E-state index is 11.8. The Labute approximate surface area is 185 Å². The lowest BCUT2D eigenvalue weighted by molar-refractivity contribution is 0.0958. The molecule has 1 amide bonds. The molecule has 0 saturated heterocycles. The number of methoxy groups -OCH3 is 2. The molecule has 0 fully saturated rings. The third kappa shape index (κ3) is 4.13. The van der Waals surface area contributed by atoms with Crippen molar-refractivity contribution in [3.8, 4) is 23.0 Å². The van der Waals surface area contributed by atoms with E-state index < -0.39 is 0 Å². The van der Waals surface area contributed by atoms with Gasteiger partial charge in [-0.05, 0) is 30.3 Å². The number of aryl methyl sites for hydroxylation is 1. The van der Waals surface area contributed by atoms with Crippen LogP contribution in [0.1, 0.15) is 10.5 Å². The van der Waals surface area contributed by atoms with E-state index >= 15 is 0 Å². The first-order valence-corrected chi connectivity index (χ1v) is 9.84. The molecule has 0 saturated carbocycles. The Morgan fingerprint density at radius 1 is 0.969 bits per heavy atom. The standard InChI is InChI=1S/C23H23N5O4/c1-24-22(29)19-13-16(9-10-25-19)32-15-5-7-20-17(12-15)26-23(28(20)2)27-18-11-14(30-3)6-8-21(18)31-4/h5-13H,1-4H3,(H,24,29)(H,26,27). The summed E-state index contributed by atoms with van der Waals surface area (Å²) in [5, 5.41) is 5.85. The van der Waals surface area contributed by atoms with Crippen LogP contribution in [0.5, 0.6) is 23.0 Å². The average molecular weight is 433 g/mol. The zero-order chi connectivity index (χ0) is 22.7. The fraction of sp³-hybridized carbons (Fsp3) is 0.174. The summed E-state index contributed by atoms with van der Waals surface area (Å²) in [5.41, 5.74) is 2.68. The normalized spacial score (nSPS) is 10.6. The van der Waals surface area contributed by atoms with Gasteiger partial charge in [-0.15, -0.1) is 0 Å². The number of benzene rings is 2. The van der Waals surface area contributed by atoms with Crippen LogP contribution < -0.4 is 24.8 Å². The second-order valence-corrected chi connectivity index (χ2v) is 6.89. The Balaban J connectivity index is 1.62. The number of anilines is 2. The largest absolute Gasteiger partial charge is 0.497 e. The van der Waals surface area contributed by atoms with E-state index in [1.54, 1.807) is 33.4 Å². The zero-order valence-electron chi connectivity index (χ0n) is 18.2. The van der Waals surface area contributed by atoms with Crippen molar-refractivity contribution in [2.24, 2.45) is 7.05 Å². The molecule has 0 aliphatic rings. The van der Waals surface area contributed by atoms with Gasteiger partial charge in [0.1, 0.15) is 28.7 Å². The molecular formula is C23H23N5O4. The molecule has 0 atom stereocenters. The predicted molar refractivity (Wildman–Crippen MR) is 121 cm³/mol. The first kappa shape index (κ1) is 21.0. The Kier molecular flexibility index (Phi) is 5.80. The number of nitrogens with zero attached hydrogens (tertiary/aromatic N) is 3. The minimum atomic E-state index is -0.278. The molecule has 0 unspecified atom stereocenters. The van der Waals surface area contributed by atoms with E-state index in [0.29, 0.717) is 28.9 Å². The van der Waals surface area contributed by atoms with Crippen molar-refractivity contribution < 1.29 is 19.0 Å². The lowest BCUT2D eigenvalue weighted by Crippen LogP contribution is -2.18. The first-order valence-electron chi connectivity index (χ1n) is 9.84. The summed E-state index contributed by atoms with van der Waals surface area (Å²) >= 11 is 0. The molecule has 4 aromatic rings. The molecule has 32 heavy (non-hydrogen) atoms. The van der Waals surface area contributed by atoms with Gasteiger partial charge in [0, 0.05) is 38.5 Å². The summed E-state index contributed by atoms with van der Waals surface area (Å²) in [7, 11) is 6.70. The molecule has 2 aromatic carbocycles. The van der Waals surface area contributed by atoms with Crippen LogP contribution in [-0.4, -0.2) is 41.7 Å². The van der Waals surface area contributed by atoms with Crippen LogP contribution in [0.15, 0.2) is 54.7 Å². The van der Waals surface area contributed by atoms with Crippen LogP contribution in [0.4, 0.5) is 11.6 Å². The highest BCUT2D eigenvalue weighted by Gasteiger charge is 2.13. The van der Waals surface area contributed by atoms with Crippen LogP contribution in [0.3, 0.4) is 0 Å². The van der Waals surface area contributed by atoms with E-state index in [0.717, 1.165) is 16.7 Å². The molecular weight excluding hydrogens is 410 g/mol. The minimum Gasteiger partial charge on any atom is -0.497 e. The molecule has 0 aliphatic heterocycles. The Morgan fingerprint density at radius 3 is 2.50 bits per heavy atom. The minimum absolute atomic E-state index is 0.278. The lowest BCUT2D eigenvalue weighted by Gasteiger charge is -2.12. The molecule has 0 aliphatic carbocycles. The van der Waals surface area contributed by atoms with Crippen LogP contribution in [0.25, 0.3) is 11.0 Å². The number of carbonyl (C=O) groups excluding carboxylic acids is 1. The number of rotatable bonds is 7. The Bertz CT molecular complexity index is 1280. The quantitative estimate of drug-likeness (QED) is 0.456. The van der Waals surface area contributed by atoms with Gasteiger partial charge in [-0.1, -0.05) is 0 Å². The summed E-state index contributed by atoms with van der Waals surface area (Å²) in [6.07, 6.45) is 1.53. The van der Waals surface area contributed by atoms with Crippen LogP contribution in [0.2, 0.25) is 0 Å². The van der Waals surface area contributed by atoms with Gasteiger partial charge in [0.25, 0.3) is 5.91 Å². The number of amides is 1. The fourth-order valence-electron chi connectivity index (χ4n) is 3.25. The summed E-state index contributed by atoms with van der Waals surface area (Å²) < 4.78 is 18.6. The van der Waals surface area contributed by atoms with Crippen molar-refractivity contribution in [2.45, 2.75) is 0 Å². The van der Waals surface area contributed by atoms with Gasteiger partial charge in [-0.2, -0.15) is 0 Å². The Morgan fingerprint density at radius 2 is 1.75 bits per heavy atom. The highest BCUT2D eigenvalue weighted by Crippen LogP contribution is 2.33. The molecule has 2 aromatic heterocycles. The number of carbonyl (C=O) groups is 1. The zero-order valence-corrected chi connectivity index (χ0v) is 18.2. The van der Waals surface area contributed by atoms with Crippen molar-refractivity contribution >= 4 is 28.6 Å². The second kappa shape index (κ2) is 8.84. The fourth-order valence-corrected chi connectivity index (χ4v) is 3.25. The molecule has 0 spiro atoms. The summed E-state index contributed by atoms with van der Waals surface area (Å²) in [6, 6.07) is 14.4. The van der Waals surface area contributed by atoms with Gasteiger partial charge < -0.3 is 29.4 Å². The number of hydrogen-bond acceptors (Lipinski definition) is 7. The van der Waals surface area contributed by atoms with Crippen molar-refractivity contribution in [1.29, 1.82) is 0 Å². The summed E-state index contributed by atoms with van der Waals surface area (Å²) in [4.78, 5) is 20.6. The van der Waals surface area contributed by atoms with Crippen molar-refractivity contribution in [1.82, 2.24) is 19.9 Å². The predicted octanol–water partition coefficient (Wildman–Crippen LogP) is 3.88. The number of pyridine rings is 1. The van der Waals surface area contributed by atoms with Gasteiger partial charge in [0.15, 0.2) is 0 Å². The van der Waals surface area contributed by atoms with E-state index in [-0.39, 0.29) is 11.6 Å². The topological polar surface area (TPSA) is 99.5 Å². The first-order chi connectivity index (χ1) is 15.5. The number of ether oxygens (including phenoxy) is 3. The van der Waals surface area contributed by atoms with E-state index in [4.69, 9.17) is 19.2 Å². The molecule has 9 nitrogen and oxygen atoms in total. The number of imidazole rings is 1. The number of aromatic nitrogens is 3. The molecule has 164 valence electrons. The number of nitrogens with one attached hydrogen (secondary N) is 2. The summed E-state index contributed by atoms with van der Waals surface area (Å²) in [6.45, 7) is 0. The van der Waals surface area contributed by atoms with Crippen LogP contribution >= 0.6 is 0 Å². The smallest absolute Gasteiger partial charge is 0.269 e. The third-order valence-corrected chi connectivity index (χ3v) is 4.93. The maximum atomic E-state index is 11.8. The summed E-state index contributed by atoms with van der Waals surface area (Å²) in [5.74, 6) is 2.83. The lowest BCUT2D eigenvalue weighted by atomic mass is 10.2. The van der Waals surface area contributed by atoms with E-state index in [1.165, 1.54) is 6.20 Å². The second-order valence-electron chi connectivity index (χ2n) is 6.89. The highest BCUT2D eigenvalue weighted by atomic mass is 16.5. The third-order valence-electron chi connectivity index (χ3n) is 4.93. The highest BCUT2D eigenvalue weighted by molar-refractivity contribution is 5.92. The molecule has 0 bridgehead atoms. The van der Waals surface area contributed by atoms with E-state index in [1.807, 2.05) is 48.0 Å². The van der Waals surface area contributed by atoms with Crippen molar-refractivity contribution in [2.75, 3.05) is 26.6 Å².